The summed E-state index contributed by atoms with van der Waals surface area (Å²) in [5.74, 6) is 0.960. The van der Waals surface area contributed by atoms with Crippen LogP contribution in [0, 0.1) is 0 Å². The van der Waals surface area contributed by atoms with Crippen LogP contribution in [0.3, 0.4) is 0 Å². The van der Waals surface area contributed by atoms with Crippen LogP contribution < -0.4 is 15.4 Å². The van der Waals surface area contributed by atoms with Gasteiger partial charge in [-0.05, 0) is 50.7 Å². The van der Waals surface area contributed by atoms with Gasteiger partial charge in [-0.3, -0.25) is 0 Å². The molecule has 2 rings (SSSR count). The Morgan fingerprint density at radius 2 is 2.00 bits per heavy atom. The van der Waals surface area contributed by atoms with Gasteiger partial charge in [0, 0.05) is 6.54 Å². The van der Waals surface area contributed by atoms with Crippen molar-refractivity contribution in [3.8, 4) is 0 Å². The first-order valence-corrected chi connectivity index (χ1v) is 10.1. The summed E-state index contributed by atoms with van der Waals surface area (Å²) in [4.78, 5) is 4.65. The summed E-state index contributed by atoms with van der Waals surface area (Å²) in [6.07, 6.45) is 1.51. The fourth-order valence-electron chi connectivity index (χ4n) is 2.37. The Bertz CT molecular complexity index is 867. The summed E-state index contributed by atoms with van der Waals surface area (Å²) in [7, 11) is -2.12. The maximum Gasteiger partial charge on any atom is 0.240 e. The predicted octanol–water partition coefficient (Wildman–Crippen LogP) is 1.77. The maximum absolute atomic E-state index is 11.9. The van der Waals surface area contributed by atoms with Crippen molar-refractivity contribution in [2.24, 2.45) is 4.99 Å². The molecule has 156 valence electrons. The number of hydrogen-bond donors (Lipinski definition) is 4. The van der Waals surface area contributed by atoms with Gasteiger partial charge in [-0.1, -0.05) is 12.1 Å². The van der Waals surface area contributed by atoms with Crippen LogP contribution >= 0.6 is 24.0 Å². The summed E-state index contributed by atoms with van der Waals surface area (Å²) < 4.78 is 31.4. The van der Waals surface area contributed by atoms with Gasteiger partial charge in [-0.25, -0.2) is 18.1 Å². The van der Waals surface area contributed by atoms with E-state index < -0.39 is 15.6 Å². The number of rotatable bonds is 8. The highest BCUT2D eigenvalue weighted by Gasteiger charge is 2.26. The summed E-state index contributed by atoms with van der Waals surface area (Å²) in [5.41, 5.74) is -0.443. The van der Waals surface area contributed by atoms with E-state index in [4.69, 9.17) is 4.42 Å². The molecule has 0 spiro atoms. The highest BCUT2D eigenvalue weighted by Crippen LogP contribution is 2.19. The number of aliphatic imine (C=N–C) groups is 1. The number of hydrogen-bond acceptors (Lipinski definition) is 5. The average Bonchev–Trinajstić information content (AvgIpc) is 3.20. The lowest BCUT2D eigenvalue weighted by atomic mass is 10.0. The minimum absolute atomic E-state index is 0. The molecule has 2 aromatic rings. The molecule has 1 unspecified atom stereocenters. The highest BCUT2D eigenvalue weighted by molar-refractivity contribution is 14.0. The lowest BCUT2D eigenvalue weighted by Gasteiger charge is -2.22. The summed E-state index contributed by atoms with van der Waals surface area (Å²) in [6.45, 7) is 4.70. The third-order valence-electron chi connectivity index (χ3n) is 3.89. The highest BCUT2D eigenvalue weighted by atomic mass is 127. The molecule has 1 aromatic heterocycles. The van der Waals surface area contributed by atoms with Gasteiger partial charge in [-0.15, -0.1) is 24.0 Å². The van der Waals surface area contributed by atoms with Crippen molar-refractivity contribution in [2.45, 2.75) is 30.9 Å². The van der Waals surface area contributed by atoms with Crippen LogP contribution in [0.1, 0.15) is 25.2 Å². The van der Waals surface area contributed by atoms with E-state index in [0.29, 0.717) is 18.3 Å². The lowest BCUT2D eigenvalue weighted by Crippen LogP contribution is -2.44. The van der Waals surface area contributed by atoms with Crippen molar-refractivity contribution in [2.75, 3.05) is 20.1 Å². The lowest BCUT2D eigenvalue weighted by molar-refractivity contribution is 0.0386. The minimum Gasteiger partial charge on any atom is -0.466 e. The number of benzene rings is 1. The van der Waals surface area contributed by atoms with E-state index in [-0.39, 0.29) is 42.0 Å². The Morgan fingerprint density at radius 3 is 2.61 bits per heavy atom. The molecule has 28 heavy (non-hydrogen) atoms. The number of sulfonamides is 1. The molecular weight excluding hydrogens is 495 g/mol. The topological polar surface area (TPSA) is 116 Å². The molecule has 8 nitrogen and oxygen atoms in total. The first kappa shape index (κ1) is 24.4. The molecular formula is C18H27IN4O4S. The van der Waals surface area contributed by atoms with Crippen molar-refractivity contribution < 1.29 is 17.9 Å². The van der Waals surface area contributed by atoms with Gasteiger partial charge in [0.05, 0.1) is 24.2 Å². The first-order chi connectivity index (χ1) is 12.8. The zero-order chi connectivity index (χ0) is 19.9. The standard InChI is InChI=1S/C18H26N4O4S.HI/c1-4-20-17(22-13-18(2,23)16-9-6-10-26-16)21-12-14-7-5-8-15(11-14)27(24,25)19-3;/h5-11,19,23H,4,12-13H2,1-3H3,(H2,20,21,22);1H. The Kier molecular flexibility index (Phi) is 9.40. The molecule has 0 saturated carbocycles. The molecule has 1 heterocycles. The van der Waals surface area contributed by atoms with Crippen molar-refractivity contribution in [3.05, 3.63) is 54.0 Å². The molecule has 1 atom stereocenters. The third-order valence-corrected chi connectivity index (χ3v) is 5.31. The van der Waals surface area contributed by atoms with E-state index >= 15 is 0 Å². The second kappa shape index (κ2) is 10.8. The van der Waals surface area contributed by atoms with E-state index in [2.05, 4.69) is 20.3 Å². The van der Waals surface area contributed by atoms with Crippen molar-refractivity contribution >= 4 is 40.0 Å². The number of aliphatic hydroxyl groups is 1. The molecule has 0 amide bonds. The van der Waals surface area contributed by atoms with Crippen LogP contribution in [0.4, 0.5) is 0 Å². The molecule has 0 aliphatic rings. The van der Waals surface area contributed by atoms with Gasteiger partial charge >= 0.3 is 0 Å². The minimum atomic E-state index is -3.50. The van der Waals surface area contributed by atoms with Gasteiger partial charge in [0.25, 0.3) is 0 Å². The normalized spacial score (nSPS) is 14.1. The van der Waals surface area contributed by atoms with Gasteiger partial charge in [-0.2, -0.15) is 0 Å². The number of guanidine groups is 1. The van der Waals surface area contributed by atoms with E-state index in [1.807, 2.05) is 6.92 Å². The Morgan fingerprint density at radius 1 is 1.25 bits per heavy atom. The summed E-state index contributed by atoms with van der Waals surface area (Å²) >= 11 is 0. The molecule has 0 aliphatic heterocycles. The van der Waals surface area contributed by atoms with E-state index in [1.54, 1.807) is 37.3 Å². The van der Waals surface area contributed by atoms with Crippen LogP contribution in [-0.2, 0) is 22.2 Å². The molecule has 0 aliphatic carbocycles. The summed E-state index contributed by atoms with van der Waals surface area (Å²) in [6, 6.07) is 10.0. The largest absolute Gasteiger partial charge is 0.466 e. The van der Waals surface area contributed by atoms with Crippen LogP contribution in [0.5, 0.6) is 0 Å². The summed E-state index contributed by atoms with van der Waals surface area (Å²) in [5, 5.41) is 16.7. The van der Waals surface area contributed by atoms with Gasteiger partial charge in [0.1, 0.15) is 11.4 Å². The monoisotopic (exact) mass is 522 g/mol. The van der Waals surface area contributed by atoms with Crippen LogP contribution in [-0.4, -0.2) is 39.6 Å². The zero-order valence-electron chi connectivity index (χ0n) is 16.1. The van der Waals surface area contributed by atoms with Crippen LogP contribution in [0.2, 0.25) is 0 Å². The molecule has 0 bridgehead atoms. The second-order valence-corrected chi connectivity index (χ2v) is 8.04. The second-order valence-electron chi connectivity index (χ2n) is 6.15. The Labute approximate surface area is 182 Å². The van der Waals surface area contributed by atoms with Crippen molar-refractivity contribution in [1.82, 2.24) is 15.4 Å². The Balaban J connectivity index is 0.00000392. The molecule has 1 aromatic carbocycles. The molecule has 0 radical (unpaired) electrons. The molecule has 4 N–H and O–H groups in total. The van der Waals surface area contributed by atoms with Crippen molar-refractivity contribution in [1.29, 1.82) is 0 Å². The van der Waals surface area contributed by atoms with E-state index in [0.717, 1.165) is 5.56 Å². The number of nitrogens with zero attached hydrogens (tertiary/aromatic N) is 1. The molecule has 0 fully saturated rings. The fourth-order valence-corrected chi connectivity index (χ4v) is 3.17. The predicted molar refractivity (Wildman–Crippen MR) is 119 cm³/mol. The van der Waals surface area contributed by atoms with Crippen molar-refractivity contribution in [3.63, 3.8) is 0 Å². The number of furan rings is 1. The van der Waals surface area contributed by atoms with E-state index in [9.17, 15) is 13.5 Å². The number of nitrogens with one attached hydrogen (secondary N) is 3. The quantitative estimate of drug-likeness (QED) is 0.239. The van der Waals surface area contributed by atoms with Gasteiger partial charge in [0.2, 0.25) is 10.0 Å². The van der Waals surface area contributed by atoms with Gasteiger partial charge in [0.15, 0.2) is 5.96 Å². The zero-order valence-corrected chi connectivity index (χ0v) is 19.2. The van der Waals surface area contributed by atoms with Crippen LogP contribution in [0.25, 0.3) is 0 Å². The SMILES string of the molecule is CCNC(=NCc1cccc(S(=O)(=O)NC)c1)NCC(C)(O)c1ccco1.I. The average molecular weight is 522 g/mol. The smallest absolute Gasteiger partial charge is 0.240 e. The molecule has 10 heteroatoms. The number of halogens is 1. The van der Waals surface area contributed by atoms with Gasteiger partial charge < -0.3 is 20.2 Å². The fraction of sp³-hybridized carbons (Fsp3) is 0.389. The first-order valence-electron chi connectivity index (χ1n) is 8.59. The maximum atomic E-state index is 11.9. The van der Waals surface area contributed by atoms with E-state index in [1.165, 1.54) is 19.4 Å². The molecule has 0 saturated heterocycles. The Hall–Kier alpha value is -1.63. The van der Waals surface area contributed by atoms with Crippen LogP contribution in [0.15, 0.2) is 57.0 Å². The third kappa shape index (κ3) is 6.76.